The van der Waals surface area contributed by atoms with Gasteiger partial charge in [-0.05, 0) is 60.5 Å². The van der Waals surface area contributed by atoms with Crippen molar-refractivity contribution in [3.05, 3.63) is 91.9 Å². The Balaban J connectivity index is 1.54. The second-order valence-electron chi connectivity index (χ2n) is 7.97. The van der Waals surface area contributed by atoms with Gasteiger partial charge in [0.25, 0.3) is 5.91 Å². The molecule has 2 N–H and O–H groups in total. The number of hydrogen-bond donors (Lipinski definition) is 2. The summed E-state index contributed by atoms with van der Waals surface area (Å²) in [6.45, 7) is 1.76. The first-order valence-electron chi connectivity index (χ1n) is 10.1. The van der Waals surface area contributed by atoms with Gasteiger partial charge in [-0.1, -0.05) is 40.9 Å². The summed E-state index contributed by atoms with van der Waals surface area (Å²) in [7, 11) is 0. The number of carbonyl (C=O) groups is 2. The third-order valence-corrected chi connectivity index (χ3v) is 7.73. The topological polar surface area (TPSA) is 58.2 Å². The minimum atomic E-state index is -1.40. The fourth-order valence-electron chi connectivity index (χ4n) is 3.71. The van der Waals surface area contributed by atoms with Gasteiger partial charge >= 0.3 is 0 Å². The number of alkyl halides is 2. The number of nitrogens with one attached hydrogen (secondary N) is 2. The molecule has 1 fully saturated rings. The highest BCUT2D eigenvalue weighted by Crippen LogP contribution is 2.65. The van der Waals surface area contributed by atoms with Crippen LogP contribution in [0.3, 0.4) is 0 Å². The molecule has 2 atom stereocenters. The van der Waals surface area contributed by atoms with Crippen molar-refractivity contribution in [2.45, 2.75) is 17.2 Å². The average Bonchev–Trinajstić information content (AvgIpc) is 3.37. The molecular formula is C24H15Cl5F2N2O2. The molecular weight excluding hydrogens is 564 g/mol. The Hall–Kier alpha value is -2.09. The number of rotatable bonds is 5. The molecule has 4 rings (SSSR count). The Bertz CT molecular complexity index is 1320. The lowest BCUT2D eigenvalue weighted by molar-refractivity contribution is -0.117. The van der Waals surface area contributed by atoms with Gasteiger partial charge in [0.15, 0.2) is 0 Å². The van der Waals surface area contributed by atoms with Crippen LogP contribution in [0, 0.1) is 24.5 Å². The van der Waals surface area contributed by atoms with Crippen LogP contribution in [-0.2, 0) is 4.79 Å². The van der Waals surface area contributed by atoms with Crippen molar-refractivity contribution in [2.24, 2.45) is 5.92 Å². The van der Waals surface area contributed by atoms with E-state index in [0.29, 0.717) is 21.2 Å². The quantitative estimate of drug-likeness (QED) is 0.301. The highest BCUT2D eigenvalue weighted by molar-refractivity contribution is 6.53. The van der Waals surface area contributed by atoms with E-state index in [1.807, 2.05) is 0 Å². The molecule has 35 heavy (non-hydrogen) atoms. The number of hydrogen-bond acceptors (Lipinski definition) is 2. The Morgan fingerprint density at radius 3 is 2.09 bits per heavy atom. The monoisotopic (exact) mass is 576 g/mol. The normalized spacial score (nSPS) is 18.2. The lowest BCUT2D eigenvalue weighted by Gasteiger charge is -2.11. The first-order valence-corrected chi connectivity index (χ1v) is 12.0. The molecule has 0 unspecified atom stereocenters. The standard InChI is InChI=1S/C24H15Cl5F2N2O2/c1-10-15(26)7-11(8-16(10)27)19-20(24(19,28)29)23(35)32-12-5-6-14(25)13(9-12)22(34)33-21-17(30)3-2-4-18(21)31/h2-9,19-20H,1H3,(H,32,35)(H,33,34)/t19-,20+/m1/s1. The van der Waals surface area contributed by atoms with Crippen LogP contribution in [0.4, 0.5) is 20.2 Å². The van der Waals surface area contributed by atoms with Gasteiger partial charge in [-0.3, -0.25) is 9.59 Å². The van der Waals surface area contributed by atoms with Gasteiger partial charge in [-0.15, -0.1) is 23.2 Å². The van der Waals surface area contributed by atoms with Crippen LogP contribution in [0.2, 0.25) is 15.1 Å². The fraction of sp³-hybridized carbons (Fsp3) is 0.167. The molecule has 0 radical (unpaired) electrons. The summed E-state index contributed by atoms with van der Waals surface area (Å²) < 4.78 is 26.4. The number of anilines is 2. The predicted octanol–water partition coefficient (Wildman–Crippen LogP) is 8.01. The highest BCUT2D eigenvalue weighted by Gasteiger charge is 2.67. The lowest BCUT2D eigenvalue weighted by atomic mass is 10.1. The maximum atomic E-state index is 13.9. The van der Waals surface area contributed by atoms with E-state index in [0.717, 1.165) is 12.1 Å². The van der Waals surface area contributed by atoms with E-state index >= 15 is 0 Å². The molecule has 0 aliphatic heterocycles. The molecule has 4 nitrogen and oxygen atoms in total. The molecule has 2 amide bonds. The molecule has 0 saturated heterocycles. The van der Waals surface area contributed by atoms with Crippen LogP contribution >= 0.6 is 58.0 Å². The molecule has 1 aliphatic carbocycles. The Labute approximate surface area is 224 Å². The molecule has 0 aromatic heterocycles. The minimum Gasteiger partial charge on any atom is -0.326 e. The van der Waals surface area contributed by atoms with Crippen molar-refractivity contribution >= 4 is 81.2 Å². The molecule has 0 heterocycles. The molecule has 1 aliphatic rings. The largest absolute Gasteiger partial charge is 0.326 e. The van der Waals surface area contributed by atoms with Gasteiger partial charge in [0.2, 0.25) is 5.91 Å². The molecule has 1 saturated carbocycles. The first-order chi connectivity index (χ1) is 16.4. The van der Waals surface area contributed by atoms with E-state index in [2.05, 4.69) is 10.6 Å². The fourth-order valence-corrected chi connectivity index (χ4v) is 5.24. The predicted molar refractivity (Wildman–Crippen MR) is 136 cm³/mol. The second kappa shape index (κ2) is 9.75. The molecule has 182 valence electrons. The van der Waals surface area contributed by atoms with Crippen molar-refractivity contribution in [3.8, 4) is 0 Å². The summed E-state index contributed by atoms with van der Waals surface area (Å²) in [6.07, 6.45) is 0. The van der Waals surface area contributed by atoms with Crippen molar-refractivity contribution < 1.29 is 18.4 Å². The lowest BCUT2D eigenvalue weighted by Crippen LogP contribution is -2.18. The van der Waals surface area contributed by atoms with Crippen LogP contribution in [0.25, 0.3) is 0 Å². The van der Waals surface area contributed by atoms with E-state index in [-0.39, 0.29) is 16.3 Å². The summed E-state index contributed by atoms with van der Waals surface area (Å²) >= 11 is 31.3. The molecule has 3 aromatic rings. The van der Waals surface area contributed by atoms with Gasteiger partial charge in [0.05, 0.1) is 16.5 Å². The zero-order valence-electron chi connectivity index (χ0n) is 17.7. The van der Waals surface area contributed by atoms with Crippen LogP contribution in [0.15, 0.2) is 48.5 Å². The van der Waals surface area contributed by atoms with E-state index in [1.165, 1.54) is 24.3 Å². The van der Waals surface area contributed by atoms with E-state index < -0.39 is 45.3 Å². The van der Waals surface area contributed by atoms with E-state index in [9.17, 15) is 18.4 Å². The zero-order chi connectivity index (χ0) is 25.7. The third-order valence-electron chi connectivity index (χ3n) is 5.68. The average molecular weight is 579 g/mol. The maximum absolute atomic E-state index is 13.9. The molecule has 0 spiro atoms. The minimum absolute atomic E-state index is 0.00881. The summed E-state index contributed by atoms with van der Waals surface area (Å²) in [5, 5.41) is 5.65. The van der Waals surface area contributed by atoms with Gasteiger partial charge < -0.3 is 10.6 Å². The molecule has 11 heteroatoms. The Morgan fingerprint density at radius 2 is 1.49 bits per heavy atom. The summed E-state index contributed by atoms with van der Waals surface area (Å²) in [5.74, 6) is -4.68. The first kappa shape index (κ1) is 26.0. The van der Waals surface area contributed by atoms with Crippen molar-refractivity contribution in [1.82, 2.24) is 0 Å². The highest BCUT2D eigenvalue weighted by atomic mass is 35.5. The third kappa shape index (κ3) is 5.09. The Kier molecular flexibility index (Phi) is 7.24. The summed E-state index contributed by atoms with van der Waals surface area (Å²) in [5.41, 5.74) is 0.774. The van der Waals surface area contributed by atoms with Gasteiger partial charge in [0, 0.05) is 21.7 Å². The van der Waals surface area contributed by atoms with Crippen LogP contribution in [-0.4, -0.2) is 16.1 Å². The number of halogens is 7. The van der Waals surface area contributed by atoms with Gasteiger partial charge in [-0.2, -0.15) is 0 Å². The van der Waals surface area contributed by atoms with Gasteiger partial charge in [0.1, 0.15) is 21.7 Å². The zero-order valence-corrected chi connectivity index (χ0v) is 21.5. The molecule has 3 aromatic carbocycles. The van der Waals surface area contributed by atoms with Crippen molar-refractivity contribution in [3.63, 3.8) is 0 Å². The Morgan fingerprint density at radius 1 is 0.886 bits per heavy atom. The summed E-state index contributed by atoms with van der Waals surface area (Å²) in [4.78, 5) is 25.6. The van der Waals surface area contributed by atoms with E-state index in [4.69, 9.17) is 58.0 Å². The number of benzene rings is 3. The molecule has 0 bridgehead atoms. The van der Waals surface area contributed by atoms with E-state index in [1.54, 1.807) is 19.1 Å². The van der Waals surface area contributed by atoms with Crippen LogP contribution in [0.1, 0.15) is 27.4 Å². The number of amides is 2. The second-order valence-corrected chi connectivity index (χ2v) is 10.6. The maximum Gasteiger partial charge on any atom is 0.257 e. The number of carbonyl (C=O) groups excluding carboxylic acids is 2. The summed E-state index contributed by atoms with van der Waals surface area (Å²) in [6, 6.07) is 10.6. The van der Waals surface area contributed by atoms with Crippen LogP contribution in [0.5, 0.6) is 0 Å². The SMILES string of the molecule is Cc1c(Cl)cc([C@@H]2[C@@H](C(=O)Nc3ccc(Cl)c(C(=O)Nc4c(F)cccc4F)c3)C2(Cl)Cl)cc1Cl. The van der Waals surface area contributed by atoms with Crippen molar-refractivity contribution in [1.29, 1.82) is 0 Å². The smallest absolute Gasteiger partial charge is 0.257 e. The van der Waals surface area contributed by atoms with Crippen molar-refractivity contribution in [2.75, 3.05) is 10.6 Å². The van der Waals surface area contributed by atoms with Crippen LogP contribution < -0.4 is 10.6 Å². The van der Waals surface area contributed by atoms with Gasteiger partial charge in [-0.25, -0.2) is 8.78 Å². The number of para-hydroxylation sites is 1.